The molecule has 2 atom stereocenters. The lowest BCUT2D eigenvalue weighted by Gasteiger charge is -2.38. The van der Waals surface area contributed by atoms with Gasteiger partial charge in [-0.2, -0.15) is 0 Å². The van der Waals surface area contributed by atoms with Crippen molar-refractivity contribution in [2.24, 2.45) is 0 Å². The zero-order valence-electron chi connectivity index (χ0n) is 15.5. The molecule has 0 saturated carbocycles. The van der Waals surface area contributed by atoms with Gasteiger partial charge >= 0.3 is 0 Å². The van der Waals surface area contributed by atoms with Gasteiger partial charge in [0.15, 0.2) is 0 Å². The molecule has 4 nitrogen and oxygen atoms in total. The molecule has 1 fully saturated rings. The Labute approximate surface area is 163 Å². The highest BCUT2D eigenvalue weighted by atomic mass is 19.1. The molecule has 1 aromatic heterocycles. The third kappa shape index (κ3) is 3.02. The molecule has 1 saturated heterocycles. The van der Waals surface area contributed by atoms with E-state index in [0.717, 1.165) is 29.9 Å². The maximum absolute atomic E-state index is 13.6. The van der Waals surface area contributed by atoms with E-state index < -0.39 is 0 Å². The Balaban J connectivity index is 1.43. The predicted octanol–water partition coefficient (Wildman–Crippen LogP) is 3.71. The molecule has 5 rings (SSSR count). The van der Waals surface area contributed by atoms with E-state index in [1.165, 1.54) is 6.07 Å². The monoisotopic (exact) mass is 375 g/mol. The van der Waals surface area contributed by atoms with Gasteiger partial charge in [-0.05, 0) is 35.4 Å². The van der Waals surface area contributed by atoms with Crippen LogP contribution in [-0.4, -0.2) is 39.4 Å². The zero-order chi connectivity index (χ0) is 19.1. The fourth-order valence-corrected chi connectivity index (χ4v) is 4.58. The van der Waals surface area contributed by atoms with Crippen molar-refractivity contribution < 1.29 is 9.18 Å². The zero-order valence-corrected chi connectivity index (χ0v) is 15.5. The number of hydrogen-bond donors (Lipinski definition) is 0. The molecule has 1 amide bonds. The summed E-state index contributed by atoms with van der Waals surface area (Å²) in [5.74, 6) is -0.120. The van der Waals surface area contributed by atoms with Crippen molar-refractivity contribution in [1.82, 2.24) is 14.4 Å². The van der Waals surface area contributed by atoms with E-state index in [2.05, 4.69) is 21.6 Å². The summed E-state index contributed by atoms with van der Waals surface area (Å²) < 4.78 is 15.7. The molecule has 0 bridgehead atoms. The van der Waals surface area contributed by atoms with Crippen LogP contribution in [0.2, 0.25) is 0 Å². The number of aromatic nitrogens is 1. The van der Waals surface area contributed by atoms with Gasteiger partial charge in [0.2, 0.25) is 0 Å². The van der Waals surface area contributed by atoms with E-state index >= 15 is 0 Å². The minimum Gasteiger partial charge on any atom is -0.337 e. The number of likely N-dealkylation sites (tertiary alicyclic amines) is 1. The SMILES string of the molecule is O=C1c2cccn2[C@@H]2CN(Cc3cccc(F)c3)C[C@@H]2N1Cc1ccccc1. The number of benzene rings is 2. The second-order valence-corrected chi connectivity index (χ2v) is 7.68. The topological polar surface area (TPSA) is 28.5 Å². The quantitative estimate of drug-likeness (QED) is 0.696. The molecule has 0 unspecified atom stereocenters. The number of hydrogen-bond acceptors (Lipinski definition) is 2. The molecule has 0 N–H and O–H groups in total. The minimum absolute atomic E-state index is 0.0858. The number of carbonyl (C=O) groups excluding carboxylic acids is 1. The van der Waals surface area contributed by atoms with Crippen molar-refractivity contribution in [2.75, 3.05) is 13.1 Å². The summed E-state index contributed by atoms with van der Waals surface area (Å²) in [6.45, 7) is 2.94. The first-order chi connectivity index (χ1) is 13.7. The fraction of sp³-hybridized carbons (Fsp3) is 0.261. The summed E-state index contributed by atoms with van der Waals surface area (Å²) in [6, 6.07) is 21.1. The molecule has 0 radical (unpaired) electrons. The molecule has 2 aromatic carbocycles. The average molecular weight is 375 g/mol. The summed E-state index contributed by atoms with van der Waals surface area (Å²) in [7, 11) is 0. The number of carbonyl (C=O) groups is 1. The lowest BCUT2D eigenvalue weighted by molar-refractivity contribution is 0.0556. The summed E-state index contributed by atoms with van der Waals surface area (Å²) in [6.07, 6.45) is 2.01. The molecule has 3 heterocycles. The molecule has 2 aliphatic heterocycles. The summed E-state index contributed by atoms with van der Waals surface area (Å²) in [5.41, 5.74) is 2.86. The van der Waals surface area contributed by atoms with Crippen molar-refractivity contribution in [1.29, 1.82) is 0 Å². The lowest BCUT2D eigenvalue weighted by Crippen LogP contribution is -2.49. The van der Waals surface area contributed by atoms with Crippen molar-refractivity contribution >= 4 is 5.91 Å². The molecule has 3 aromatic rings. The van der Waals surface area contributed by atoms with Gasteiger partial charge in [0.25, 0.3) is 5.91 Å². The predicted molar refractivity (Wildman–Crippen MR) is 105 cm³/mol. The number of rotatable bonds is 4. The van der Waals surface area contributed by atoms with E-state index in [0.29, 0.717) is 13.1 Å². The van der Waals surface area contributed by atoms with Crippen molar-refractivity contribution in [2.45, 2.75) is 25.2 Å². The Morgan fingerprint density at radius 3 is 2.46 bits per heavy atom. The highest BCUT2D eigenvalue weighted by Crippen LogP contribution is 2.35. The lowest BCUT2D eigenvalue weighted by atomic mass is 10.0. The molecular weight excluding hydrogens is 353 g/mol. The van der Waals surface area contributed by atoms with Crippen LogP contribution >= 0.6 is 0 Å². The van der Waals surface area contributed by atoms with Crippen molar-refractivity contribution in [3.63, 3.8) is 0 Å². The van der Waals surface area contributed by atoms with Crippen LogP contribution in [0.15, 0.2) is 72.9 Å². The second kappa shape index (κ2) is 6.91. The number of amides is 1. The van der Waals surface area contributed by atoms with Crippen molar-refractivity contribution in [3.05, 3.63) is 95.6 Å². The highest BCUT2D eigenvalue weighted by Gasteiger charge is 2.44. The third-order valence-corrected chi connectivity index (χ3v) is 5.84. The van der Waals surface area contributed by atoms with Crippen LogP contribution in [0.25, 0.3) is 0 Å². The minimum atomic E-state index is -0.206. The van der Waals surface area contributed by atoms with Crippen LogP contribution in [0, 0.1) is 5.82 Å². The second-order valence-electron chi connectivity index (χ2n) is 7.68. The van der Waals surface area contributed by atoms with Gasteiger partial charge in [0.1, 0.15) is 11.5 Å². The number of fused-ring (bicyclic) bond motifs is 3. The Morgan fingerprint density at radius 1 is 0.857 bits per heavy atom. The van der Waals surface area contributed by atoms with Crippen LogP contribution in [-0.2, 0) is 13.1 Å². The van der Waals surface area contributed by atoms with Crippen LogP contribution < -0.4 is 0 Å². The third-order valence-electron chi connectivity index (χ3n) is 5.84. The van der Waals surface area contributed by atoms with E-state index in [1.54, 1.807) is 12.1 Å². The molecule has 142 valence electrons. The normalized spacial score (nSPS) is 21.6. The van der Waals surface area contributed by atoms with E-state index in [1.807, 2.05) is 47.5 Å². The fourth-order valence-electron chi connectivity index (χ4n) is 4.58. The Morgan fingerprint density at radius 2 is 1.64 bits per heavy atom. The van der Waals surface area contributed by atoms with Gasteiger partial charge in [0, 0.05) is 32.4 Å². The number of halogens is 1. The van der Waals surface area contributed by atoms with Gasteiger partial charge in [-0.1, -0.05) is 42.5 Å². The Kier molecular flexibility index (Phi) is 4.24. The molecule has 0 aliphatic carbocycles. The summed E-state index contributed by atoms with van der Waals surface area (Å²) in [5, 5.41) is 0. The van der Waals surface area contributed by atoms with Crippen LogP contribution in [0.5, 0.6) is 0 Å². The molecular formula is C23H22FN3O. The van der Waals surface area contributed by atoms with Crippen LogP contribution in [0.4, 0.5) is 4.39 Å². The van der Waals surface area contributed by atoms with Gasteiger partial charge in [0.05, 0.1) is 12.1 Å². The first kappa shape index (κ1) is 17.2. The smallest absolute Gasteiger partial charge is 0.271 e. The maximum atomic E-state index is 13.6. The van der Waals surface area contributed by atoms with Gasteiger partial charge in [-0.25, -0.2) is 4.39 Å². The standard InChI is InChI=1S/C23H22FN3O/c24-19-9-4-8-18(12-19)13-25-15-21-22(16-25)27(14-17-6-2-1-3-7-17)23(28)20-10-5-11-26(20)21/h1-12,21-22H,13-16H2/t21-,22+/m1/s1. The van der Waals surface area contributed by atoms with Crippen molar-refractivity contribution in [3.8, 4) is 0 Å². The first-order valence-electron chi connectivity index (χ1n) is 9.67. The average Bonchev–Trinajstić information content (AvgIpc) is 3.33. The van der Waals surface area contributed by atoms with Gasteiger partial charge in [-0.15, -0.1) is 0 Å². The maximum Gasteiger partial charge on any atom is 0.271 e. The Bertz CT molecular complexity index is 1000. The molecule has 0 spiro atoms. The van der Waals surface area contributed by atoms with Crippen LogP contribution in [0.1, 0.15) is 27.7 Å². The van der Waals surface area contributed by atoms with E-state index in [4.69, 9.17) is 0 Å². The Hall–Kier alpha value is -2.92. The van der Waals surface area contributed by atoms with Gasteiger partial charge in [-0.3, -0.25) is 9.69 Å². The summed E-state index contributed by atoms with van der Waals surface area (Å²) >= 11 is 0. The van der Waals surface area contributed by atoms with E-state index in [9.17, 15) is 9.18 Å². The summed E-state index contributed by atoms with van der Waals surface area (Å²) in [4.78, 5) is 17.5. The largest absolute Gasteiger partial charge is 0.337 e. The van der Waals surface area contributed by atoms with Crippen LogP contribution in [0.3, 0.4) is 0 Å². The van der Waals surface area contributed by atoms with Gasteiger partial charge < -0.3 is 9.47 Å². The molecule has 28 heavy (non-hydrogen) atoms. The molecule has 5 heteroatoms. The first-order valence-corrected chi connectivity index (χ1v) is 9.67. The molecule has 2 aliphatic rings. The number of nitrogens with zero attached hydrogens (tertiary/aromatic N) is 3. The van der Waals surface area contributed by atoms with E-state index in [-0.39, 0.29) is 23.8 Å². The highest BCUT2D eigenvalue weighted by molar-refractivity contribution is 5.94.